The maximum Gasteiger partial charge on any atom is 0.0491 e. The minimum absolute atomic E-state index is 0.792. The van der Waals surface area contributed by atoms with Crippen LogP contribution in [-0.2, 0) is 13.0 Å². The van der Waals surface area contributed by atoms with Crippen molar-refractivity contribution in [1.29, 1.82) is 0 Å². The molecule has 0 spiro atoms. The third kappa shape index (κ3) is 2.28. The van der Waals surface area contributed by atoms with Gasteiger partial charge in [0, 0.05) is 33.4 Å². The van der Waals surface area contributed by atoms with Crippen LogP contribution >= 0.6 is 11.6 Å². The highest BCUT2D eigenvalue weighted by Crippen LogP contribution is 2.28. The van der Waals surface area contributed by atoms with Gasteiger partial charge >= 0.3 is 0 Å². The molecule has 0 aliphatic heterocycles. The molecule has 0 fully saturated rings. The highest BCUT2D eigenvalue weighted by atomic mass is 35.5. The van der Waals surface area contributed by atoms with Crippen molar-refractivity contribution in [3.8, 4) is 0 Å². The van der Waals surface area contributed by atoms with Crippen LogP contribution in [0.25, 0.3) is 21.8 Å². The summed E-state index contributed by atoms with van der Waals surface area (Å²) in [5, 5.41) is 3.45. The van der Waals surface area contributed by atoms with Gasteiger partial charge in [-0.2, -0.15) is 0 Å². The Morgan fingerprint density at radius 1 is 0.682 bits per heavy atom. The molecule has 22 heavy (non-hydrogen) atoms. The molecule has 0 saturated carbocycles. The zero-order chi connectivity index (χ0) is 14.9. The van der Waals surface area contributed by atoms with Crippen LogP contribution in [0.15, 0.2) is 72.8 Å². The van der Waals surface area contributed by atoms with Gasteiger partial charge in [-0.1, -0.05) is 60.1 Å². The fourth-order valence-electron chi connectivity index (χ4n) is 3.14. The highest BCUT2D eigenvalue weighted by Gasteiger charge is 2.09. The van der Waals surface area contributed by atoms with E-state index in [1.165, 1.54) is 27.4 Å². The van der Waals surface area contributed by atoms with Gasteiger partial charge in [0.2, 0.25) is 0 Å². The highest BCUT2D eigenvalue weighted by molar-refractivity contribution is 6.30. The molecule has 0 N–H and O–H groups in total. The molecule has 4 aromatic rings. The normalized spacial score (nSPS) is 11.3. The SMILES string of the molecule is Clc1ccc(CCn2c3ccccc3c3ccccc32)cc1. The van der Waals surface area contributed by atoms with E-state index in [9.17, 15) is 0 Å². The van der Waals surface area contributed by atoms with Crippen LogP contribution in [0.2, 0.25) is 5.02 Å². The van der Waals surface area contributed by atoms with Crippen LogP contribution < -0.4 is 0 Å². The summed E-state index contributed by atoms with van der Waals surface area (Å²) in [6, 6.07) is 25.4. The van der Waals surface area contributed by atoms with Crippen molar-refractivity contribution < 1.29 is 0 Å². The summed E-state index contributed by atoms with van der Waals surface area (Å²) >= 11 is 5.96. The molecule has 0 bridgehead atoms. The standard InChI is InChI=1S/C20H16ClN/c21-16-11-9-15(10-12-16)13-14-22-19-7-3-1-5-17(19)18-6-2-4-8-20(18)22/h1-12H,13-14H2. The molecule has 1 aromatic heterocycles. The number of fused-ring (bicyclic) bond motifs is 3. The van der Waals surface area contributed by atoms with Crippen LogP contribution in [0.1, 0.15) is 5.56 Å². The fourth-order valence-corrected chi connectivity index (χ4v) is 3.26. The Kier molecular flexibility index (Phi) is 3.36. The number of halogens is 1. The molecule has 0 atom stereocenters. The Bertz CT molecular complexity index is 882. The molecule has 0 saturated heterocycles. The van der Waals surface area contributed by atoms with Crippen molar-refractivity contribution in [2.24, 2.45) is 0 Å². The maximum atomic E-state index is 5.96. The van der Waals surface area contributed by atoms with Crippen molar-refractivity contribution in [3.05, 3.63) is 83.4 Å². The fraction of sp³-hybridized carbons (Fsp3) is 0.100. The van der Waals surface area contributed by atoms with Crippen LogP contribution in [0, 0.1) is 0 Å². The summed E-state index contributed by atoms with van der Waals surface area (Å²) in [7, 11) is 0. The lowest BCUT2D eigenvalue weighted by Crippen LogP contribution is -2.00. The molecular formula is C20H16ClN. The summed E-state index contributed by atoms with van der Waals surface area (Å²) < 4.78 is 2.42. The van der Waals surface area contributed by atoms with Gasteiger partial charge in [0.1, 0.15) is 0 Å². The van der Waals surface area contributed by atoms with E-state index in [1.807, 2.05) is 12.1 Å². The lowest BCUT2D eigenvalue weighted by Gasteiger charge is -2.08. The van der Waals surface area contributed by atoms with Crippen molar-refractivity contribution >= 4 is 33.4 Å². The van der Waals surface area contributed by atoms with Gasteiger partial charge in [0.15, 0.2) is 0 Å². The molecular weight excluding hydrogens is 290 g/mol. The molecule has 0 aliphatic carbocycles. The van der Waals surface area contributed by atoms with Gasteiger partial charge < -0.3 is 4.57 Å². The lowest BCUT2D eigenvalue weighted by atomic mass is 10.1. The Morgan fingerprint density at radius 3 is 1.82 bits per heavy atom. The monoisotopic (exact) mass is 305 g/mol. The Balaban J connectivity index is 1.77. The minimum Gasteiger partial charge on any atom is -0.340 e. The van der Waals surface area contributed by atoms with Crippen molar-refractivity contribution in [3.63, 3.8) is 0 Å². The third-order valence-electron chi connectivity index (χ3n) is 4.22. The van der Waals surface area contributed by atoms with Crippen LogP contribution in [0.3, 0.4) is 0 Å². The topological polar surface area (TPSA) is 4.93 Å². The molecule has 1 nitrogen and oxygen atoms in total. The summed E-state index contributed by atoms with van der Waals surface area (Å²) in [6.45, 7) is 0.968. The van der Waals surface area contributed by atoms with E-state index in [-0.39, 0.29) is 0 Å². The first kappa shape index (κ1) is 13.4. The van der Waals surface area contributed by atoms with Crippen molar-refractivity contribution in [1.82, 2.24) is 4.57 Å². The molecule has 3 aromatic carbocycles. The smallest absolute Gasteiger partial charge is 0.0491 e. The number of nitrogens with zero attached hydrogens (tertiary/aromatic N) is 1. The average molecular weight is 306 g/mol. The summed E-state index contributed by atoms with van der Waals surface area (Å²) in [5.74, 6) is 0. The van der Waals surface area contributed by atoms with Crippen molar-refractivity contribution in [2.45, 2.75) is 13.0 Å². The first-order valence-electron chi connectivity index (χ1n) is 7.53. The van der Waals surface area contributed by atoms with Crippen LogP contribution in [0.4, 0.5) is 0 Å². The van der Waals surface area contributed by atoms with Gasteiger partial charge in [0.05, 0.1) is 0 Å². The molecule has 108 valence electrons. The first-order chi connectivity index (χ1) is 10.8. The predicted molar refractivity (Wildman–Crippen MR) is 94.6 cm³/mol. The van der Waals surface area contributed by atoms with Gasteiger partial charge in [-0.25, -0.2) is 0 Å². The van der Waals surface area contributed by atoms with Gasteiger partial charge in [-0.3, -0.25) is 0 Å². The Labute approximate surface area is 134 Å². The third-order valence-corrected chi connectivity index (χ3v) is 4.47. The van der Waals surface area contributed by atoms with E-state index < -0.39 is 0 Å². The molecule has 4 rings (SSSR count). The zero-order valence-electron chi connectivity index (χ0n) is 12.2. The second kappa shape index (κ2) is 5.51. The van der Waals surface area contributed by atoms with Crippen molar-refractivity contribution in [2.75, 3.05) is 0 Å². The maximum absolute atomic E-state index is 5.96. The number of hydrogen-bond acceptors (Lipinski definition) is 0. The van der Waals surface area contributed by atoms with Gasteiger partial charge in [-0.05, 0) is 36.2 Å². The number of benzene rings is 3. The molecule has 2 heteroatoms. The van der Waals surface area contributed by atoms with Crippen LogP contribution in [0.5, 0.6) is 0 Å². The number of para-hydroxylation sites is 2. The quantitative estimate of drug-likeness (QED) is 0.458. The summed E-state index contributed by atoms with van der Waals surface area (Å²) in [6.07, 6.45) is 1.000. The second-order valence-corrected chi connectivity index (χ2v) is 6.00. The van der Waals surface area contributed by atoms with Gasteiger partial charge in [0.25, 0.3) is 0 Å². The molecule has 0 aliphatic rings. The number of aryl methyl sites for hydroxylation is 2. The number of rotatable bonds is 3. The predicted octanol–water partition coefficient (Wildman–Crippen LogP) is 5.69. The average Bonchev–Trinajstić information content (AvgIpc) is 2.89. The molecule has 1 heterocycles. The summed E-state index contributed by atoms with van der Waals surface area (Å²) in [4.78, 5) is 0. The lowest BCUT2D eigenvalue weighted by molar-refractivity contribution is 0.745. The van der Waals surface area contributed by atoms with E-state index in [1.54, 1.807) is 0 Å². The first-order valence-corrected chi connectivity index (χ1v) is 7.91. The van der Waals surface area contributed by atoms with E-state index in [0.29, 0.717) is 0 Å². The van der Waals surface area contributed by atoms with Crippen LogP contribution in [-0.4, -0.2) is 4.57 Å². The molecule has 0 unspecified atom stereocenters. The van der Waals surface area contributed by atoms with Gasteiger partial charge in [-0.15, -0.1) is 0 Å². The summed E-state index contributed by atoms with van der Waals surface area (Å²) in [5.41, 5.74) is 3.92. The Morgan fingerprint density at radius 2 is 1.23 bits per heavy atom. The van der Waals surface area contributed by atoms with E-state index >= 15 is 0 Å². The minimum atomic E-state index is 0.792. The zero-order valence-corrected chi connectivity index (χ0v) is 12.9. The van der Waals surface area contributed by atoms with E-state index in [0.717, 1.165) is 18.0 Å². The second-order valence-electron chi connectivity index (χ2n) is 5.56. The number of hydrogen-bond donors (Lipinski definition) is 0. The largest absolute Gasteiger partial charge is 0.340 e. The Hall–Kier alpha value is -2.25. The molecule has 0 radical (unpaired) electrons. The molecule has 0 amide bonds. The number of aromatic nitrogens is 1. The van der Waals surface area contributed by atoms with E-state index in [2.05, 4.69) is 65.2 Å². The van der Waals surface area contributed by atoms with E-state index in [4.69, 9.17) is 11.6 Å².